The Morgan fingerprint density at radius 2 is 2.13 bits per heavy atom. The second-order valence-electron chi connectivity index (χ2n) is 3.87. The average Bonchev–Trinajstić information content (AvgIpc) is 2.26. The summed E-state index contributed by atoms with van der Waals surface area (Å²) in [5.74, 6) is 0.993. The highest BCUT2D eigenvalue weighted by molar-refractivity contribution is 7.99. The normalized spacial score (nSPS) is 12.5. The molecule has 0 aliphatic heterocycles. The van der Waals surface area contributed by atoms with Crippen LogP contribution in [0.15, 0.2) is 29.2 Å². The van der Waals surface area contributed by atoms with Crippen LogP contribution in [0.1, 0.15) is 13.3 Å². The summed E-state index contributed by atoms with van der Waals surface area (Å²) < 4.78 is 0. The average molecular weight is 224 g/mol. The molecular weight excluding hydrogens is 204 g/mol. The quantitative estimate of drug-likeness (QED) is 0.780. The van der Waals surface area contributed by atoms with Crippen molar-refractivity contribution in [2.75, 3.05) is 24.7 Å². The van der Waals surface area contributed by atoms with Gasteiger partial charge in [0.2, 0.25) is 0 Å². The first-order chi connectivity index (χ1) is 7.13. The van der Waals surface area contributed by atoms with Crippen LogP contribution in [-0.2, 0) is 0 Å². The Labute approximate surface area is 96.8 Å². The van der Waals surface area contributed by atoms with E-state index in [2.05, 4.69) is 50.2 Å². The lowest BCUT2D eigenvalue weighted by atomic mass is 10.3. The minimum Gasteiger partial charge on any atom is -0.378 e. The van der Waals surface area contributed by atoms with Gasteiger partial charge in [-0.1, -0.05) is 13.0 Å². The fourth-order valence-electron chi connectivity index (χ4n) is 1.17. The lowest BCUT2D eigenvalue weighted by molar-refractivity contribution is 0.725. The lowest BCUT2D eigenvalue weighted by Crippen LogP contribution is -2.21. The first-order valence-corrected chi connectivity index (χ1v) is 6.27. The summed E-state index contributed by atoms with van der Waals surface area (Å²) in [6, 6.07) is 8.85. The Kier molecular flexibility index (Phi) is 4.99. The minimum absolute atomic E-state index is 0.304. The third-order valence-electron chi connectivity index (χ3n) is 2.32. The third-order valence-corrected chi connectivity index (χ3v) is 3.50. The van der Waals surface area contributed by atoms with E-state index in [1.54, 1.807) is 0 Å². The zero-order valence-corrected chi connectivity index (χ0v) is 10.6. The van der Waals surface area contributed by atoms with Crippen molar-refractivity contribution in [2.24, 2.45) is 5.73 Å². The van der Waals surface area contributed by atoms with Crippen molar-refractivity contribution in [2.45, 2.75) is 24.3 Å². The van der Waals surface area contributed by atoms with Gasteiger partial charge in [0, 0.05) is 36.5 Å². The van der Waals surface area contributed by atoms with Gasteiger partial charge < -0.3 is 10.6 Å². The highest BCUT2D eigenvalue weighted by Crippen LogP contribution is 2.23. The van der Waals surface area contributed by atoms with Crippen LogP contribution in [0.3, 0.4) is 0 Å². The molecule has 0 aliphatic rings. The smallest absolute Gasteiger partial charge is 0.0372 e. The van der Waals surface area contributed by atoms with Crippen molar-refractivity contribution in [1.29, 1.82) is 0 Å². The maximum Gasteiger partial charge on any atom is 0.0372 e. The minimum atomic E-state index is 0.304. The summed E-state index contributed by atoms with van der Waals surface area (Å²) in [5, 5.41) is 0. The van der Waals surface area contributed by atoms with Crippen molar-refractivity contribution < 1.29 is 0 Å². The molecule has 2 nitrogen and oxygen atoms in total. The molecule has 1 aromatic rings. The molecule has 0 saturated carbocycles. The van der Waals surface area contributed by atoms with Crippen molar-refractivity contribution >= 4 is 17.4 Å². The van der Waals surface area contributed by atoms with Gasteiger partial charge in [0.1, 0.15) is 0 Å². The highest BCUT2D eigenvalue weighted by Gasteiger charge is 2.02. The number of nitrogens with two attached hydrogens (primary N) is 1. The Bertz CT molecular complexity index is 299. The van der Waals surface area contributed by atoms with Crippen LogP contribution in [0, 0.1) is 0 Å². The van der Waals surface area contributed by atoms with Crippen LogP contribution in [0.4, 0.5) is 5.69 Å². The molecule has 0 unspecified atom stereocenters. The van der Waals surface area contributed by atoms with E-state index in [0.29, 0.717) is 6.04 Å². The summed E-state index contributed by atoms with van der Waals surface area (Å²) >= 11 is 1.83. The van der Waals surface area contributed by atoms with E-state index < -0.39 is 0 Å². The van der Waals surface area contributed by atoms with Gasteiger partial charge in [-0.25, -0.2) is 0 Å². The van der Waals surface area contributed by atoms with Gasteiger partial charge in [0.25, 0.3) is 0 Å². The fraction of sp³-hybridized carbons (Fsp3) is 0.500. The zero-order chi connectivity index (χ0) is 11.3. The van der Waals surface area contributed by atoms with Gasteiger partial charge in [0.05, 0.1) is 0 Å². The van der Waals surface area contributed by atoms with Gasteiger partial charge in [-0.2, -0.15) is 0 Å². The van der Waals surface area contributed by atoms with E-state index in [4.69, 9.17) is 5.73 Å². The van der Waals surface area contributed by atoms with Crippen molar-refractivity contribution in [1.82, 2.24) is 0 Å². The summed E-state index contributed by atoms with van der Waals surface area (Å²) in [6.07, 6.45) is 1.04. The molecule has 0 saturated heterocycles. The van der Waals surface area contributed by atoms with Crippen molar-refractivity contribution in [3.8, 4) is 0 Å². The molecule has 1 atom stereocenters. The van der Waals surface area contributed by atoms with E-state index in [1.807, 2.05) is 11.8 Å². The Morgan fingerprint density at radius 3 is 2.73 bits per heavy atom. The first kappa shape index (κ1) is 12.4. The number of benzene rings is 1. The Morgan fingerprint density at radius 1 is 1.40 bits per heavy atom. The number of hydrogen-bond acceptors (Lipinski definition) is 3. The highest BCUT2D eigenvalue weighted by atomic mass is 32.2. The Hall–Kier alpha value is -0.670. The molecule has 0 heterocycles. The molecule has 0 aromatic heterocycles. The second kappa shape index (κ2) is 6.03. The number of nitrogens with zero attached hydrogens (tertiary/aromatic N) is 1. The van der Waals surface area contributed by atoms with Crippen LogP contribution < -0.4 is 10.6 Å². The summed E-state index contributed by atoms with van der Waals surface area (Å²) in [7, 11) is 4.11. The molecule has 0 fully saturated rings. The van der Waals surface area contributed by atoms with Crippen LogP contribution in [0.25, 0.3) is 0 Å². The number of hydrogen-bond donors (Lipinski definition) is 1. The van der Waals surface area contributed by atoms with E-state index in [1.165, 1.54) is 10.6 Å². The molecule has 3 heteroatoms. The van der Waals surface area contributed by atoms with Gasteiger partial charge in [-0.3, -0.25) is 0 Å². The molecule has 0 amide bonds. The molecular formula is C12H20N2S. The molecule has 0 aliphatic carbocycles. The van der Waals surface area contributed by atoms with E-state index in [9.17, 15) is 0 Å². The molecule has 1 aromatic carbocycles. The molecule has 15 heavy (non-hydrogen) atoms. The van der Waals surface area contributed by atoms with Crippen LogP contribution in [0.2, 0.25) is 0 Å². The van der Waals surface area contributed by atoms with Crippen molar-refractivity contribution in [3.63, 3.8) is 0 Å². The van der Waals surface area contributed by atoms with Gasteiger partial charge in [-0.05, 0) is 24.6 Å². The number of anilines is 1. The predicted molar refractivity (Wildman–Crippen MR) is 69.8 cm³/mol. The maximum atomic E-state index is 5.89. The monoisotopic (exact) mass is 224 g/mol. The van der Waals surface area contributed by atoms with Gasteiger partial charge >= 0.3 is 0 Å². The second-order valence-corrected chi connectivity index (χ2v) is 4.96. The maximum absolute atomic E-state index is 5.89. The van der Waals surface area contributed by atoms with E-state index in [0.717, 1.165) is 12.2 Å². The lowest BCUT2D eigenvalue weighted by Gasteiger charge is -2.14. The number of thioether (sulfide) groups is 1. The van der Waals surface area contributed by atoms with Crippen LogP contribution in [-0.4, -0.2) is 25.9 Å². The summed E-state index contributed by atoms with van der Waals surface area (Å²) in [6.45, 7) is 2.13. The van der Waals surface area contributed by atoms with E-state index in [-0.39, 0.29) is 0 Å². The fourth-order valence-corrected chi connectivity index (χ4v) is 2.19. The predicted octanol–water partition coefficient (Wildman–Crippen LogP) is 2.58. The zero-order valence-electron chi connectivity index (χ0n) is 9.73. The number of rotatable bonds is 5. The first-order valence-electron chi connectivity index (χ1n) is 5.29. The molecule has 0 radical (unpaired) electrons. The van der Waals surface area contributed by atoms with Gasteiger partial charge in [-0.15, -0.1) is 11.8 Å². The molecule has 0 bridgehead atoms. The van der Waals surface area contributed by atoms with E-state index >= 15 is 0 Å². The standard InChI is InChI=1S/C12H20N2S/c1-4-10(13)9-15-12-7-5-6-11(8-12)14(2)3/h5-8,10H,4,9,13H2,1-3H3/t10-/m1/s1. The third kappa shape index (κ3) is 4.14. The SMILES string of the molecule is CC[C@@H](N)CSc1cccc(N(C)C)c1. The summed E-state index contributed by atoms with van der Waals surface area (Å²) in [4.78, 5) is 3.41. The topological polar surface area (TPSA) is 29.3 Å². The van der Waals surface area contributed by atoms with Crippen molar-refractivity contribution in [3.05, 3.63) is 24.3 Å². The molecule has 1 rings (SSSR count). The molecule has 84 valence electrons. The van der Waals surface area contributed by atoms with Crippen LogP contribution in [0.5, 0.6) is 0 Å². The summed E-state index contributed by atoms with van der Waals surface area (Å²) in [5.41, 5.74) is 7.13. The largest absolute Gasteiger partial charge is 0.378 e. The Balaban J connectivity index is 2.58. The van der Waals surface area contributed by atoms with Crippen LogP contribution >= 0.6 is 11.8 Å². The molecule has 0 spiro atoms. The van der Waals surface area contributed by atoms with Gasteiger partial charge in [0.15, 0.2) is 0 Å². The molecule has 2 N–H and O–H groups in total.